The van der Waals surface area contributed by atoms with E-state index in [1.54, 1.807) is 0 Å². The van der Waals surface area contributed by atoms with Crippen molar-refractivity contribution in [3.63, 3.8) is 0 Å². The van der Waals surface area contributed by atoms with E-state index < -0.39 is 17.8 Å². The highest BCUT2D eigenvalue weighted by molar-refractivity contribution is 6.05. The van der Waals surface area contributed by atoms with Crippen molar-refractivity contribution < 1.29 is 38.8 Å². The first kappa shape index (κ1) is 26.2. The van der Waals surface area contributed by atoms with E-state index in [4.69, 9.17) is 14.2 Å². The summed E-state index contributed by atoms with van der Waals surface area (Å²) in [6, 6.07) is 7.20. The van der Waals surface area contributed by atoms with E-state index in [1.807, 2.05) is 6.92 Å². The van der Waals surface area contributed by atoms with E-state index >= 15 is 0 Å². The van der Waals surface area contributed by atoms with Gasteiger partial charge in [0.2, 0.25) is 11.7 Å². The number of nitrogens with zero attached hydrogens (tertiary/aromatic N) is 1. The molecule has 0 heterocycles. The van der Waals surface area contributed by atoms with Crippen molar-refractivity contribution >= 4 is 35.2 Å². The first-order valence-corrected chi connectivity index (χ1v) is 10.4. The number of rotatable bonds is 11. The molecule has 0 unspecified atom stereocenters. The predicted octanol–water partition coefficient (Wildman–Crippen LogP) is 3.15. The van der Waals surface area contributed by atoms with Gasteiger partial charge < -0.3 is 34.6 Å². The molecule has 2 aromatic rings. The first-order chi connectivity index (χ1) is 16.2. The molecule has 0 saturated heterocycles. The largest absolute Gasteiger partial charge is 0.502 e. The summed E-state index contributed by atoms with van der Waals surface area (Å²) in [5.41, 5.74) is 0.862. The number of phenols is 1. The van der Waals surface area contributed by atoms with Crippen molar-refractivity contribution in [1.29, 1.82) is 0 Å². The molecule has 0 fully saturated rings. The normalized spacial score (nSPS) is 10.7. The lowest BCUT2D eigenvalue weighted by Gasteiger charge is -2.20. The van der Waals surface area contributed by atoms with Gasteiger partial charge in [0, 0.05) is 25.4 Å². The number of aromatic hydroxyl groups is 1. The van der Waals surface area contributed by atoms with Crippen molar-refractivity contribution in [2.75, 3.05) is 44.7 Å². The topological polar surface area (TPSA) is 135 Å². The number of likely N-dealkylation sites (N-methyl/N-ethyl adjacent to an activating group) is 1. The van der Waals surface area contributed by atoms with Crippen LogP contribution >= 0.6 is 0 Å². The van der Waals surface area contributed by atoms with E-state index in [1.165, 1.54) is 68.7 Å². The summed E-state index contributed by atoms with van der Waals surface area (Å²) < 4.78 is 15.4. The summed E-state index contributed by atoms with van der Waals surface area (Å²) in [5, 5.41) is 22.1. The molecule has 0 spiro atoms. The second-order valence-electron chi connectivity index (χ2n) is 7.14. The van der Waals surface area contributed by atoms with Gasteiger partial charge in [0.15, 0.2) is 11.5 Å². The zero-order valence-electron chi connectivity index (χ0n) is 19.5. The van der Waals surface area contributed by atoms with Gasteiger partial charge in [-0.3, -0.25) is 9.59 Å². The first-order valence-electron chi connectivity index (χ1n) is 10.4. The molecular weight excluding hydrogens is 444 g/mol. The van der Waals surface area contributed by atoms with Gasteiger partial charge in [0.1, 0.15) is 6.61 Å². The Bertz CT molecular complexity index is 1060. The Balaban J connectivity index is 2.22. The number of carbonyl (C=O) groups is 3. The van der Waals surface area contributed by atoms with Crippen LogP contribution in [0.15, 0.2) is 36.4 Å². The highest BCUT2D eigenvalue weighted by Gasteiger charge is 2.19. The highest BCUT2D eigenvalue weighted by atomic mass is 16.5. The molecule has 182 valence electrons. The van der Waals surface area contributed by atoms with Gasteiger partial charge in [0.25, 0.3) is 5.91 Å². The molecule has 0 aromatic heterocycles. The maximum Gasteiger partial charge on any atom is 0.337 e. The van der Waals surface area contributed by atoms with Gasteiger partial charge in [-0.05, 0) is 48.4 Å². The molecule has 0 aliphatic rings. The monoisotopic (exact) mass is 472 g/mol. The second-order valence-corrected chi connectivity index (χ2v) is 7.14. The van der Waals surface area contributed by atoms with Crippen LogP contribution in [-0.4, -0.2) is 62.5 Å². The van der Waals surface area contributed by atoms with Crippen LogP contribution in [0.3, 0.4) is 0 Å². The molecule has 0 aliphatic heterocycles. The third-order valence-electron chi connectivity index (χ3n) is 4.73. The van der Waals surface area contributed by atoms with Crippen LogP contribution in [0.5, 0.6) is 17.2 Å². The van der Waals surface area contributed by atoms with Gasteiger partial charge in [-0.15, -0.1) is 0 Å². The fraction of sp³-hybridized carbons (Fsp3) is 0.292. The van der Waals surface area contributed by atoms with Crippen molar-refractivity contribution in [2.45, 2.75) is 13.3 Å². The minimum Gasteiger partial charge on any atom is -0.502 e. The van der Waals surface area contributed by atoms with Crippen molar-refractivity contribution in [3.8, 4) is 17.2 Å². The SMILES string of the molecule is CCCOCC(=O)N(C)c1cc(NC(=O)C=Cc2cc(OC)c(O)c(OC)c2)ccc1C(=O)O. The molecule has 3 N–H and O–H groups in total. The van der Waals surface area contributed by atoms with Gasteiger partial charge in [0.05, 0.1) is 25.5 Å². The van der Waals surface area contributed by atoms with E-state index in [2.05, 4.69) is 5.32 Å². The van der Waals surface area contributed by atoms with Crippen LogP contribution in [0.25, 0.3) is 6.08 Å². The Morgan fingerprint density at radius 3 is 2.29 bits per heavy atom. The van der Waals surface area contributed by atoms with Gasteiger partial charge in [-0.25, -0.2) is 4.79 Å². The third kappa shape index (κ3) is 6.72. The molecule has 2 rings (SSSR count). The number of hydrogen-bond donors (Lipinski definition) is 3. The highest BCUT2D eigenvalue weighted by Crippen LogP contribution is 2.37. The van der Waals surface area contributed by atoms with E-state index in [9.17, 15) is 24.6 Å². The number of benzene rings is 2. The minimum absolute atomic E-state index is 0.0943. The Hall–Kier alpha value is -4.05. The number of carbonyl (C=O) groups excluding carboxylic acids is 2. The molecule has 0 radical (unpaired) electrons. The zero-order chi connectivity index (χ0) is 25.3. The van der Waals surface area contributed by atoms with Crippen LogP contribution in [0.2, 0.25) is 0 Å². The third-order valence-corrected chi connectivity index (χ3v) is 4.73. The summed E-state index contributed by atoms with van der Waals surface area (Å²) in [5.74, 6) is -1.92. The number of phenolic OH excluding ortho intramolecular Hbond substituents is 1. The number of anilines is 2. The van der Waals surface area contributed by atoms with Crippen LogP contribution in [0.4, 0.5) is 11.4 Å². The molecular formula is C24H28N2O8. The summed E-state index contributed by atoms with van der Waals surface area (Å²) in [6.45, 7) is 2.13. The van der Waals surface area contributed by atoms with E-state index in [-0.39, 0.29) is 35.1 Å². The van der Waals surface area contributed by atoms with Crippen molar-refractivity contribution in [2.24, 2.45) is 0 Å². The zero-order valence-corrected chi connectivity index (χ0v) is 19.5. The molecule has 10 nitrogen and oxygen atoms in total. The minimum atomic E-state index is -1.21. The van der Waals surface area contributed by atoms with Gasteiger partial charge in [-0.1, -0.05) is 6.92 Å². The summed E-state index contributed by atoms with van der Waals surface area (Å²) in [7, 11) is 4.23. The molecule has 34 heavy (non-hydrogen) atoms. The molecule has 2 aromatic carbocycles. The number of hydrogen-bond acceptors (Lipinski definition) is 7. The van der Waals surface area contributed by atoms with Crippen molar-refractivity contribution in [3.05, 3.63) is 47.5 Å². The van der Waals surface area contributed by atoms with Crippen LogP contribution in [0.1, 0.15) is 29.3 Å². The number of carboxylic acids is 1. The summed E-state index contributed by atoms with van der Waals surface area (Å²) in [4.78, 5) is 37.6. The lowest BCUT2D eigenvalue weighted by Crippen LogP contribution is -2.31. The predicted molar refractivity (Wildman–Crippen MR) is 127 cm³/mol. The number of methoxy groups -OCH3 is 2. The second kappa shape index (κ2) is 12.3. The number of carboxylic acid groups (broad SMARTS) is 1. The molecule has 0 aliphatic carbocycles. The quantitative estimate of drug-likeness (QED) is 0.335. The average Bonchev–Trinajstić information content (AvgIpc) is 2.82. The molecule has 0 saturated carbocycles. The standard InChI is InChI=1S/C24H28N2O8/c1-5-10-34-14-22(28)26(2)18-13-16(7-8-17(18)24(30)31)25-21(27)9-6-15-11-19(32-3)23(29)20(12-15)33-4/h6-9,11-13,29H,5,10,14H2,1-4H3,(H,25,27)(H,30,31). The van der Waals surface area contributed by atoms with Crippen LogP contribution in [0, 0.1) is 0 Å². The molecule has 2 amide bonds. The number of amides is 2. The van der Waals surface area contributed by atoms with Crippen LogP contribution < -0.4 is 19.7 Å². The maximum absolute atomic E-state index is 12.4. The molecule has 0 atom stereocenters. The van der Waals surface area contributed by atoms with Crippen LogP contribution in [-0.2, 0) is 14.3 Å². The average molecular weight is 472 g/mol. The fourth-order valence-corrected chi connectivity index (χ4v) is 2.97. The number of aromatic carboxylic acids is 1. The molecule has 10 heteroatoms. The smallest absolute Gasteiger partial charge is 0.337 e. The van der Waals surface area contributed by atoms with Gasteiger partial charge in [-0.2, -0.15) is 0 Å². The Kier molecular flexibility index (Phi) is 9.45. The van der Waals surface area contributed by atoms with Gasteiger partial charge >= 0.3 is 5.97 Å². The summed E-state index contributed by atoms with van der Waals surface area (Å²) in [6.07, 6.45) is 3.49. The lowest BCUT2D eigenvalue weighted by molar-refractivity contribution is -0.122. The van der Waals surface area contributed by atoms with E-state index in [0.717, 1.165) is 6.42 Å². The van der Waals surface area contributed by atoms with E-state index in [0.29, 0.717) is 17.9 Å². The maximum atomic E-state index is 12.4. The Morgan fingerprint density at radius 1 is 1.09 bits per heavy atom. The summed E-state index contributed by atoms with van der Waals surface area (Å²) >= 11 is 0. The molecule has 0 bridgehead atoms. The fourth-order valence-electron chi connectivity index (χ4n) is 2.97. The number of ether oxygens (including phenoxy) is 3. The number of nitrogens with one attached hydrogen (secondary N) is 1. The Morgan fingerprint density at radius 2 is 1.74 bits per heavy atom. The Labute approximate surface area is 197 Å². The van der Waals surface area contributed by atoms with Crippen molar-refractivity contribution in [1.82, 2.24) is 0 Å². The lowest BCUT2D eigenvalue weighted by atomic mass is 10.1.